The van der Waals surface area contributed by atoms with Crippen LogP contribution in [0.15, 0.2) is 42.5 Å². The molecule has 130 valence electrons. The number of pyridine rings is 1. The fraction of sp³-hybridized carbons (Fsp3) is 0.409. The number of unbranched alkanes of at least 4 members (excludes halogenated alkanes) is 5. The lowest BCUT2D eigenvalue weighted by Crippen LogP contribution is -2.22. The fourth-order valence-electron chi connectivity index (χ4n) is 4.02. The minimum absolute atomic E-state index is 0.0940. The highest BCUT2D eigenvalue weighted by Gasteiger charge is 2.31. The summed E-state index contributed by atoms with van der Waals surface area (Å²) in [5.41, 5.74) is 4.49. The van der Waals surface area contributed by atoms with Crippen molar-refractivity contribution in [2.45, 2.75) is 50.9 Å². The smallest absolute Gasteiger partial charge is 0.131 e. The van der Waals surface area contributed by atoms with Gasteiger partial charge >= 0.3 is 0 Å². The summed E-state index contributed by atoms with van der Waals surface area (Å²) >= 11 is 6.95. The Kier molecular flexibility index (Phi) is 4.80. The molecule has 2 heterocycles. The van der Waals surface area contributed by atoms with Gasteiger partial charge in [-0.3, -0.25) is 0 Å². The predicted molar refractivity (Wildman–Crippen MR) is 109 cm³/mol. The van der Waals surface area contributed by atoms with Crippen LogP contribution in [0.3, 0.4) is 0 Å². The number of rotatable bonds is 7. The number of nitrogens with zero attached hydrogens (tertiary/aromatic N) is 2. The second kappa shape index (κ2) is 7.21. The maximum Gasteiger partial charge on any atom is 0.131 e. The Morgan fingerprint density at radius 3 is 2.56 bits per heavy atom. The Bertz CT molecular complexity index is 890. The molecule has 25 heavy (non-hydrogen) atoms. The number of fused-ring (bicyclic) bond motifs is 2. The summed E-state index contributed by atoms with van der Waals surface area (Å²) in [7, 11) is 0. The van der Waals surface area contributed by atoms with E-state index in [9.17, 15) is 0 Å². The first-order chi connectivity index (χ1) is 12.3. The van der Waals surface area contributed by atoms with Crippen LogP contribution in [0.4, 0.5) is 5.69 Å². The normalized spacial score (nSPS) is 16.2. The molecule has 1 aromatic heterocycles. The van der Waals surface area contributed by atoms with Crippen molar-refractivity contribution in [2.75, 3.05) is 11.4 Å². The average Bonchev–Trinajstić information content (AvgIpc) is 2.92. The van der Waals surface area contributed by atoms with Crippen molar-refractivity contribution < 1.29 is 0 Å². The second-order valence-corrected chi connectivity index (χ2v) is 7.42. The highest BCUT2D eigenvalue weighted by atomic mass is 35.5. The van der Waals surface area contributed by atoms with Crippen LogP contribution in [-0.2, 0) is 0 Å². The van der Waals surface area contributed by atoms with Gasteiger partial charge in [-0.15, -0.1) is 0 Å². The molecule has 3 heteroatoms. The zero-order valence-corrected chi connectivity index (χ0v) is 15.6. The van der Waals surface area contributed by atoms with Gasteiger partial charge in [-0.05, 0) is 24.6 Å². The molecular formula is C22H25ClN2. The number of hydrogen-bond donors (Lipinski definition) is 0. The van der Waals surface area contributed by atoms with Gasteiger partial charge in [0.05, 0.1) is 11.0 Å². The molecule has 4 rings (SSSR count). The van der Waals surface area contributed by atoms with Crippen LogP contribution < -0.4 is 4.90 Å². The average molecular weight is 353 g/mol. The highest BCUT2D eigenvalue weighted by molar-refractivity contribution is 6.27. The molecule has 0 saturated carbocycles. The van der Waals surface area contributed by atoms with Crippen LogP contribution in [-0.4, -0.2) is 11.5 Å². The summed E-state index contributed by atoms with van der Waals surface area (Å²) in [6.45, 7) is 3.28. The van der Waals surface area contributed by atoms with Crippen LogP contribution in [0, 0.1) is 0 Å². The number of alkyl halides is 1. The van der Waals surface area contributed by atoms with E-state index >= 15 is 0 Å². The van der Waals surface area contributed by atoms with E-state index in [0.717, 1.165) is 17.6 Å². The Morgan fingerprint density at radius 1 is 0.920 bits per heavy atom. The van der Waals surface area contributed by atoms with Gasteiger partial charge in [-0.25, -0.2) is 4.98 Å². The van der Waals surface area contributed by atoms with Crippen LogP contribution in [0.1, 0.15) is 56.5 Å². The van der Waals surface area contributed by atoms with E-state index in [1.807, 2.05) is 6.07 Å². The summed E-state index contributed by atoms with van der Waals surface area (Å²) < 4.78 is 0. The van der Waals surface area contributed by atoms with Crippen molar-refractivity contribution >= 4 is 39.1 Å². The molecule has 1 atom stereocenters. The quantitative estimate of drug-likeness (QED) is 0.201. The maximum absolute atomic E-state index is 6.95. The molecule has 0 radical (unpaired) electrons. The first-order valence-corrected chi connectivity index (χ1v) is 9.97. The molecular weight excluding hydrogens is 328 g/mol. The van der Waals surface area contributed by atoms with E-state index in [1.54, 1.807) is 0 Å². The summed E-state index contributed by atoms with van der Waals surface area (Å²) in [6, 6.07) is 14.8. The lowest BCUT2D eigenvalue weighted by molar-refractivity contribution is 0.598. The first-order valence-electron chi connectivity index (χ1n) is 9.53. The van der Waals surface area contributed by atoms with Crippen molar-refractivity contribution in [2.24, 2.45) is 0 Å². The van der Waals surface area contributed by atoms with Crippen LogP contribution >= 0.6 is 11.6 Å². The summed E-state index contributed by atoms with van der Waals surface area (Å²) in [6.07, 6.45) is 7.81. The molecule has 0 N–H and O–H groups in total. The van der Waals surface area contributed by atoms with E-state index < -0.39 is 0 Å². The molecule has 0 aliphatic carbocycles. The molecule has 0 spiro atoms. The minimum Gasteiger partial charge on any atom is -0.351 e. The number of aromatic nitrogens is 1. The first kappa shape index (κ1) is 16.7. The molecule has 0 bridgehead atoms. The number of para-hydroxylation sites is 1. The molecule has 1 aliphatic heterocycles. The van der Waals surface area contributed by atoms with Gasteiger partial charge < -0.3 is 4.90 Å². The Labute approximate surface area is 154 Å². The van der Waals surface area contributed by atoms with Gasteiger partial charge in [0.15, 0.2) is 0 Å². The summed E-state index contributed by atoms with van der Waals surface area (Å²) in [5, 5.41) is 2.43. The molecule has 0 amide bonds. The minimum atomic E-state index is -0.0940. The van der Waals surface area contributed by atoms with Gasteiger partial charge in [-0.2, -0.15) is 0 Å². The SMILES string of the molecule is CCCCCCCCN1c2cccc3nc4ccccc4c(c23)C1Cl. The Morgan fingerprint density at radius 2 is 1.68 bits per heavy atom. The van der Waals surface area contributed by atoms with Crippen LogP contribution in [0.5, 0.6) is 0 Å². The maximum atomic E-state index is 6.95. The van der Waals surface area contributed by atoms with Crippen molar-refractivity contribution in [3.05, 3.63) is 48.0 Å². The third-order valence-electron chi connectivity index (χ3n) is 5.30. The van der Waals surface area contributed by atoms with Crippen LogP contribution in [0.2, 0.25) is 0 Å². The summed E-state index contributed by atoms with van der Waals surface area (Å²) in [4.78, 5) is 7.22. The Hall–Kier alpha value is -1.80. The lowest BCUT2D eigenvalue weighted by atomic mass is 10.0. The van der Waals surface area contributed by atoms with Gasteiger partial charge in [-0.1, -0.05) is 74.9 Å². The van der Waals surface area contributed by atoms with E-state index in [2.05, 4.69) is 48.2 Å². The molecule has 2 nitrogen and oxygen atoms in total. The van der Waals surface area contributed by atoms with Crippen molar-refractivity contribution in [3.8, 4) is 0 Å². The van der Waals surface area contributed by atoms with Gasteiger partial charge in [0.2, 0.25) is 0 Å². The van der Waals surface area contributed by atoms with Crippen LogP contribution in [0.25, 0.3) is 21.8 Å². The zero-order chi connectivity index (χ0) is 17.2. The molecule has 1 unspecified atom stereocenters. The molecule has 0 fully saturated rings. The van der Waals surface area contributed by atoms with Crippen molar-refractivity contribution in [1.82, 2.24) is 4.98 Å². The predicted octanol–water partition coefficient (Wildman–Crippen LogP) is 6.81. The van der Waals surface area contributed by atoms with Gasteiger partial charge in [0.1, 0.15) is 5.50 Å². The van der Waals surface area contributed by atoms with E-state index in [4.69, 9.17) is 16.6 Å². The molecule has 3 aromatic rings. The third-order valence-corrected chi connectivity index (χ3v) is 5.75. The van der Waals surface area contributed by atoms with E-state index in [-0.39, 0.29) is 5.50 Å². The fourth-order valence-corrected chi connectivity index (χ4v) is 4.45. The zero-order valence-electron chi connectivity index (χ0n) is 14.8. The standard InChI is InChI=1S/C22H25ClN2/c1-2-3-4-5-6-9-15-25-19-14-10-13-18-21(19)20(22(25)23)16-11-7-8-12-17(16)24-18/h7-8,10-14,22H,2-6,9,15H2,1H3. The molecule has 1 aliphatic rings. The van der Waals surface area contributed by atoms with Crippen molar-refractivity contribution in [1.29, 1.82) is 0 Å². The lowest BCUT2D eigenvalue weighted by Gasteiger charge is -2.24. The molecule has 2 aromatic carbocycles. The van der Waals surface area contributed by atoms with E-state index in [0.29, 0.717) is 0 Å². The second-order valence-electron chi connectivity index (χ2n) is 7.01. The number of benzene rings is 2. The topological polar surface area (TPSA) is 16.1 Å². The highest BCUT2D eigenvalue weighted by Crippen LogP contribution is 2.48. The third kappa shape index (κ3) is 2.97. The number of anilines is 1. The molecule has 0 saturated heterocycles. The van der Waals surface area contributed by atoms with Gasteiger partial charge in [0.25, 0.3) is 0 Å². The van der Waals surface area contributed by atoms with Crippen molar-refractivity contribution in [3.63, 3.8) is 0 Å². The number of hydrogen-bond acceptors (Lipinski definition) is 2. The van der Waals surface area contributed by atoms with Gasteiger partial charge in [0, 0.05) is 28.6 Å². The monoisotopic (exact) mass is 352 g/mol. The summed E-state index contributed by atoms with van der Waals surface area (Å²) in [5.74, 6) is 0. The Balaban J connectivity index is 1.62. The number of halogens is 1. The van der Waals surface area contributed by atoms with E-state index in [1.165, 1.54) is 60.5 Å². The largest absolute Gasteiger partial charge is 0.351 e.